The highest BCUT2D eigenvalue weighted by Crippen LogP contribution is 2.15. The van der Waals surface area contributed by atoms with Crippen LogP contribution in [-0.4, -0.2) is 6.98 Å². The standard InChI is InChI=1S/C9H9BF3/c11-10(12,13)8-4-7-9-5-2-1-3-6-9/h1-7H,8H2/q-1. The molecule has 0 N–H and O–H groups in total. The second kappa shape index (κ2) is 4.17. The minimum Gasteiger partial charge on any atom is -0.449 e. The highest BCUT2D eigenvalue weighted by atomic mass is 19.4. The van der Waals surface area contributed by atoms with Gasteiger partial charge in [0.15, 0.2) is 0 Å². The van der Waals surface area contributed by atoms with E-state index >= 15 is 0 Å². The molecular formula is C9H9BF3-. The van der Waals surface area contributed by atoms with Crippen LogP contribution in [0.1, 0.15) is 5.56 Å². The van der Waals surface area contributed by atoms with Crippen LogP contribution >= 0.6 is 0 Å². The van der Waals surface area contributed by atoms with E-state index < -0.39 is 13.3 Å². The van der Waals surface area contributed by atoms with Crippen LogP contribution in [0.5, 0.6) is 0 Å². The van der Waals surface area contributed by atoms with Crippen molar-refractivity contribution >= 4 is 13.1 Å². The summed E-state index contributed by atoms with van der Waals surface area (Å²) in [6.07, 6.45) is 1.82. The van der Waals surface area contributed by atoms with Crippen LogP contribution in [-0.2, 0) is 0 Å². The molecule has 0 nitrogen and oxygen atoms in total. The lowest BCUT2D eigenvalue weighted by Gasteiger charge is -2.08. The number of benzene rings is 1. The maximum atomic E-state index is 11.8. The molecule has 13 heavy (non-hydrogen) atoms. The van der Waals surface area contributed by atoms with Crippen molar-refractivity contribution in [2.75, 3.05) is 0 Å². The molecule has 0 saturated carbocycles. The quantitative estimate of drug-likeness (QED) is 0.631. The van der Waals surface area contributed by atoms with Gasteiger partial charge in [0, 0.05) is 0 Å². The monoisotopic (exact) mass is 185 g/mol. The normalized spacial score (nSPS) is 12.2. The van der Waals surface area contributed by atoms with E-state index in [1.54, 1.807) is 24.3 Å². The zero-order valence-corrected chi connectivity index (χ0v) is 6.96. The Labute approximate surface area is 75.1 Å². The van der Waals surface area contributed by atoms with Gasteiger partial charge in [-0.05, 0) is 5.56 Å². The molecule has 0 atom stereocenters. The summed E-state index contributed by atoms with van der Waals surface area (Å²) in [5.41, 5.74) is 0.794. The fourth-order valence-electron chi connectivity index (χ4n) is 0.923. The van der Waals surface area contributed by atoms with Gasteiger partial charge in [-0.15, -0.1) is 6.08 Å². The van der Waals surface area contributed by atoms with E-state index in [-0.39, 0.29) is 0 Å². The Hall–Kier alpha value is -1.19. The topological polar surface area (TPSA) is 0 Å². The SMILES string of the molecule is F[B-](F)(F)CC=Cc1ccccc1. The summed E-state index contributed by atoms with van der Waals surface area (Å²) in [5, 5.41) is 0. The zero-order valence-electron chi connectivity index (χ0n) is 6.96. The average molecular weight is 185 g/mol. The van der Waals surface area contributed by atoms with Crippen molar-refractivity contribution in [2.24, 2.45) is 0 Å². The molecule has 0 heterocycles. The molecule has 70 valence electrons. The molecule has 1 aromatic carbocycles. The van der Waals surface area contributed by atoms with Gasteiger partial charge < -0.3 is 12.9 Å². The minimum absolute atomic E-state index is 0.794. The molecular weight excluding hydrogens is 176 g/mol. The highest BCUT2D eigenvalue weighted by molar-refractivity contribution is 6.59. The van der Waals surface area contributed by atoms with Gasteiger partial charge in [0.2, 0.25) is 0 Å². The molecule has 0 saturated heterocycles. The lowest BCUT2D eigenvalue weighted by Crippen LogP contribution is -2.11. The third kappa shape index (κ3) is 4.40. The second-order valence-corrected chi connectivity index (χ2v) is 2.76. The van der Waals surface area contributed by atoms with E-state index in [2.05, 4.69) is 0 Å². The van der Waals surface area contributed by atoms with Gasteiger partial charge in [0.1, 0.15) is 0 Å². The van der Waals surface area contributed by atoms with Gasteiger partial charge in [-0.2, -0.15) is 0 Å². The molecule has 0 unspecified atom stereocenters. The van der Waals surface area contributed by atoms with E-state index in [0.717, 1.165) is 11.6 Å². The molecule has 0 aliphatic rings. The first-order chi connectivity index (χ1) is 6.08. The van der Waals surface area contributed by atoms with E-state index in [9.17, 15) is 12.9 Å². The van der Waals surface area contributed by atoms with E-state index in [1.807, 2.05) is 6.07 Å². The maximum absolute atomic E-state index is 11.8. The Kier molecular flexibility index (Phi) is 3.17. The van der Waals surface area contributed by atoms with Gasteiger partial charge in [-0.25, -0.2) is 0 Å². The summed E-state index contributed by atoms with van der Waals surface area (Å²) >= 11 is 0. The lowest BCUT2D eigenvalue weighted by molar-refractivity contribution is 0.478. The molecule has 1 aromatic rings. The molecule has 4 heteroatoms. The second-order valence-electron chi connectivity index (χ2n) is 2.76. The van der Waals surface area contributed by atoms with Gasteiger partial charge in [0.25, 0.3) is 0 Å². The summed E-state index contributed by atoms with van der Waals surface area (Å²) in [4.78, 5) is 0. The first-order valence-corrected chi connectivity index (χ1v) is 4.00. The van der Waals surface area contributed by atoms with Crippen molar-refractivity contribution in [3.8, 4) is 0 Å². The van der Waals surface area contributed by atoms with Crippen LogP contribution in [0.4, 0.5) is 12.9 Å². The lowest BCUT2D eigenvalue weighted by atomic mass is 9.86. The Bertz CT molecular complexity index is 277. The third-order valence-corrected chi connectivity index (χ3v) is 1.51. The first kappa shape index (κ1) is 9.90. The molecule has 0 aromatic heterocycles. The number of hydrogen-bond donors (Lipinski definition) is 0. The van der Waals surface area contributed by atoms with Crippen LogP contribution in [0.2, 0.25) is 6.32 Å². The third-order valence-electron chi connectivity index (χ3n) is 1.51. The summed E-state index contributed by atoms with van der Waals surface area (Å²) < 4.78 is 35.3. The smallest absolute Gasteiger partial charge is 0.449 e. The zero-order chi connectivity index (χ0) is 9.73. The Morgan fingerprint density at radius 2 is 1.69 bits per heavy atom. The maximum Gasteiger partial charge on any atom is 0.482 e. The van der Waals surface area contributed by atoms with Crippen molar-refractivity contribution in [3.63, 3.8) is 0 Å². The summed E-state index contributed by atoms with van der Waals surface area (Å²) in [6, 6.07) is 8.93. The van der Waals surface area contributed by atoms with Crippen LogP contribution in [0.25, 0.3) is 6.08 Å². The van der Waals surface area contributed by atoms with Crippen molar-refractivity contribution in [1.29, 1.82) is 0 Å². The largest absolute Gasteiger partial charge is 0.482 e. The van der Waals surface area contributed by atoms with Crippen LogP contribution < -0.4 is 0 Å². The molecule has 0 fully saturated rings. The fourth-order valence-corrected chi connectivity index (χ4v) is 0.923. The van der Waals surface area contributed by atoms with E-state index in [1.165, 1.54) is 6.08 Å². The molecule has 0 spiro atoms. The van der Waals surface area contributed by atoms with Gasteiger partial charge in [0.05, 0.1) is 0 Å². The molecule has 0 bridgehead atoms. The van der Waals surface area contributed by atoms with Gasteiger partial charge in [-0.3, -0.25) is 0 Å². The van der Waals surface area contributed by atoms with Crippen molar-refractivity contribution in [1.82, 2.24) is 0 Å². The van der Waals surface area contributed by atoms with E-state index in [0.29, 0.717) is 0 Å². The van der Waals surface area contributed by atoms with Crippen molar-refractivity contribution in [2.45, 2.75) is 6.32 Å². The summed E-state index contributed by atoms with van der Waals surface area (Å²) in [6.45, 7) is -4.69. The molecule has 0 aliphatic heterocycles. The highest BCUT2D eigenvalue weighted by Gasteiger charge is 2.19. The predicted molar refractivity (Wildman–Crippen MR) is 49.4 cm³/mol. The van der Waals surface area contributed by atoms with Gasteiger partial charge >= 0.3 is 6.98 Å². The van der Waals surface area contributed by atoms with Crippen LogP contribution in [0, 0.1) is 0 Å². The molecule has 0 radical (unpaired) electrons. The number of halogens is 3. The Morgan fingerprint density at radius 1 is 1.08 bits per heavy atom. The van der Waals surface area contributed by atoms with Gasteiger partial charge in [-0.1, -0.05) is 42.7 Å². The first-order valence-electron chi connectivity index (χ1n) is 4.00. The average Bonchev–Trinajstić information content (AvgIpc) is 2.04. The predicted octanol–water partition coefficient (Wildman–Crippen LogP) is 3.55. The van der Waals surface area contributed by atoms with Crippen LogP contribution in [0.3, 0.4) is 0 Å². The van der Waals surface area contributed by atoms with Crippen LogP contribution in [0.15, 0.2) is 36.4 Å². The number of allylic oxidation sites excluding steroid dienone is 1. The van der Waals surface area contributed by atoms with E-state index in [4.69, 9.17) is 0 Å². The summed E-state index contributed by atoms with van der Waals surface area (Å²) in [5.74, 6) is 0. The van der Waals surface area contributed by atoms with Crippen molar-refractivity contribution < 1.29 is 12.9 Å². The number of rotatable bonds is 3. The number of hydrogen-bond acceptors (Lipinski definition) is 0. The van der Waals surface area contributed by atoms with Crippen molar-refractivity contribution in [3.05, 3.63) is 42.0 Å². The minimum atomic E-state index is -4.69. The summed E-state index contributed by atoms with van der Waals surface area (Å²) in [7, 11) is 0. The fraction of sp³-hybridized carbons (Fsp3) is 0.111. The Morgan fingerprint density at radius 3 is 2.23 bits per heavy atom. The Balaban J connectivity index is 2.51. The molecule has 0 amide bonds. The molecule has 0 aliphatic carbocycles. The molecule has 1 rings (SSSR count).